The minimum absolute atomic E-state index is 0.753. The lowest BCUT2D eigenvalue weighted by atomic mass is 10.1. The van der Waals surface area contributed by atoms with Crippen molar-refractivity contribution in [2.45, 2.75) is 38.6 Å². The second kappa shape index (κ2) is 7.53. The van der Waals surface area contributed by atoms with Gasteiger partial charge in [0, 0.05) is 30.6 Å². The van der Waals surface area contributed by atoms with Crippen LogP contribution in [-0.4, -0.2) is 36.1 Å². The number of hydrogen-bond donors (Lipinski definition) is 1. The van der Waals surface area contributed by atoms with E-state index in [1.54, 1.807) is 4.88 Å². The molecule has 0 atom stereocenters. The van der Waals surface area contributed by atoms with Gasteiger partial charge in [0.25, 0.3) is 0 Å². The summed E-state index contributed by atoms with van der Waals surface area (Å²) < 4.78 is 5.84. The van der Waals surface area contributed by atoms with Gasteiger partial charge in [0.15, 0.2) is 0 Å². The van der Waals surface area contributed by atoms with Crippen LogP contribution in [0.2, 0.25) is 0 Å². The number of aryl methyl sites for hydroxylation is 1. The van der Waals surface area contributed by atoms with Crippen molar-refractivity contribution in [3.63, 3.8) is 0 Å². The Hall–Kier alpha value is -1.59. The number of ether oxygens (including phenoxy) is 1. The molecule has 0 amide bonds. The number of fused-ring (bicyclic) bond motifs is 2. The SMILES string of the molecule is c1cc2c(s1)CCN(CCCCOc1ccc3c(n1)NCCC3)C2. The molecule has 0 aliphatic carbocycles. The summed E-state index contributed by atoms with van der Waals surface area (Å²) in [6, 6.07) is 6.44. The van der Waals surface area contributed by atoms with Crippen LogP contribution in [0.3, 0.4) is 0 Å². The fourth-order valence-electron chi connectivity index (χ4n) is 3.50. The van der Waals surface area contributed by atoms with Crippen LogP contribution in [-0.2, 0) is 19.4 Å². The molecule has 0 radical (unpaired) electrons. The summed E-state index contributed by atoms with van der Waals surface area (Å²) in [6.07, 6.45) is 5.80. The first-order chi connectivity index (χ1) is 11.9. The average molecular weight is 343 g/mol. The third-order valence-electron chi connectivity index (χ3n) is 4.87. The van der Waals surface area contributed by atoms with E-state index in [0.29, 0.717) is 0 Å². The van der Waals surface area contributed by atoms with E-state index < -0.39 is 0 Å². The van der Waals surface area contributed by atoms with E-state index in [-0.39, 0.29) is 0 Å². The lowest BCUT2D eigenvalue weighted by Gasteiger charge is -2.26. The lowest BCUT2D eigenvalue weighted by Crippen LogP contribution is -2.30. The molecule has 0 fully saturated rings. The van der Waals surface area contributed by atoms with Gasteiger partial charge >= 0.3 is 0 Å². The second-order valence-electron chi connectivity index (χ2n) is 6.64. The summed E-state index contributed by atoms with van der Waals surface area (Å²) in [7, 11) is 0. The largest absolute Gasteiger partial charge is 0.478 e. The van der Waals surface area contributed by atoms with Gasteiger partial charge in [-0.1, -0.05) is 0 Å². The summed E-state index contributed by atoms with van der Waals surface area (Å²) in [4.78, 5) is 8.73. The molecule has 0 spiro atoms. The zero-order valence-corrected chi connectivity index (χ0v) is 14.9. The maximum atomic E-state index is 5.84. The molecule has 2 aromatic rings. The molecule has 0 saturated carbocycles. The first-order valence-electron chi connectivity index (χ1n) is 9.03. The minimum atomic E-state index is 0.753. The predicted molar refractivity (Wildman–Crippen MR) is 99.1 cm³/mol. The van der Waals surface area contributed by atoms with Crippen LogP contribution >= 0.6 is 11.3 Å². The first kappa shape index (κ1) is 15.9. The van der Waals surface area contributed by atoms with Gasteiger partial charge in [0.05, 0.1) is 6.61 Å². The van der Waals surface area contributed by atoms with Gasteiger partial charge in [-0.3, -0.25) is 4.90 Å². The highest BCUT2D eigenvalue weighted by Gasteiger charge is 2.16. The fraction of sp³-hybridized carbons (Fsp3) is 0.526. The van der Waals surface area contributed by atoms with Crippen LogP contribution in [0.25, 0.3) is 0 Å². The van der Waals surface area contributed by atoms with Crippen LogP contribution in [0.15, 0.2) is 23.6 Å². The molecule has 2 aliphatic heterocycles. The number of aromatic nitrogens is 1. The zero-order valence-electron chi connectivity index (χ0n) is 14.1. The van der Waals surface area contributed by atoms with Crippen molar-refractivity contribution in [1.29, 1.82) is 0 Å². The van der Waals surface area contributed by atoms with Crippen LogP contribution in [0.1, 0.15) is 35.3 Å². The molecule has 0 aromatic carbocycles. The van der Waals surface area contributed by atoms with Crippen molar-refractivity contribution >= 4 is 17.2 Å². The Labute approximate surface area is 147 Å². The van der Waals surface area contributed by atoms with E-state index in [1.165, 1.54) is 36.9 Å². The molecule has 2 aromatic heterocycles. The molecule has 0 saturated heterocycles. The quantitative estimate of drug-likeness (QED) is 0.811. The van der Waals surface area contributed by atoms with E-state index in [9.17, 15) is 0 Å². The monoisotopic (exact) mass is 343 g/mol. The van der Waals surface area contributed by atoms with E-state index >= 15 is 0 Å². The molecule has 0 bridgehead atoms. The topological polar surface area (TPSA) is 37.4 Å². The van der Waals surface area contributed by atoms with E-state index in [4.69, 9.17) is 4.74 Å². The molecule has 0 unspecified atom stereocenters. The Morgan fingerprint density at radius 3 is 3.17 bits per heavy atom. The van der Waals surface area contributed by atoms with Crippen LogP contribution in [0, 0.1) is 0 Å². The summed E-state index contributed by atoms with van der Waals surface area (Å²) in [5, 5.41) is 5.58. The maximum absolute atomic E-state index is 5.84. The Morgan fingerprint density at radius 1 is 1.17 bits per heavy atom. The molecule has 4 rings (SSSR count). The molecule has 2 aliphatic rings. The van der Waals surface area contributed by atoms with Gasteiger partial charge < -0.3 is 10.1 Å². The standard InChI is InChI=1S/C19H25N3OS/c1(10-22-11-7-17-16(14-22)8-13-24-17)2-12-23-18-6-5-15-4-3-9-20-19(15)21-18/h5-6,8,13H,1-4,7,9-12,14H2,(H,20,21). The number of pyridine rings is 1. The number of thiophene rings is 1. The maximum Gasteiger partial charge on any atom is 0.215 e. The highest BCUT2D eigenvalue weighted by atomic mass is 32.1. The summed E-state index contributed by atoms with van der Waals surface area (Å²) in [5.41, 5.74) is 2.85. The second-order valence-corrected chi connectivity index (χ2v) is 7.64. The highest BCUT2D eigenvalue weighted by Crippen LogP contribution is 2.24. The molecule has 4 nitrogen and oxygen atoms in total. The fourth-order valence-corrected chi connectivity index (χ4v) is 4.39. The van der Waals surface area contributed by atoms with Crippen LogP contribution in [0.4, 0.5) is 5.82 Å². The van der Waals surface area contributed by atoms with Gasteiger partial charge in [0.2, 0.25) is 5.88 Å². The van der Waals surface area contributed by atoms with Crippen LogP contribution in [0.5, 0.6) is 5.88 Å². The van der Waals surface area contributed by atoms with Crippen molar-refractivity contribution in [2.24, 2.45) is 0 Å². The third kappa shape index (κ3) is 3.73. The number of hydrogen-bond acceptors (Lipinski definition) is 5. The Morgan fingerprint density at radius 2 is 2.17 bits per heavy atom. The number of unbranched alkanes of at least 4 members (excludes halogenated alkanes) is 1. The van der Waals surface area contributed by atoms with Crippen LogP contribution < -0.4 is 10.1 Å². The Balaban J connectivity index is 1.17. The number of anilines is 1. The number of nitrogens with zero attached hydrogens (tertiary/aromatic N) is 2. The highest BCUT2D eigenvalue weighted by molar-refractivity contribution is 7.10. The molecule has 128 valence electrons. The van der Waals surface area contributed by atoms with E-state index in [2.05, 4.69) is 32.7 Å². The van der Waals surface area contributed by atoms with Gasteiger partial charge in [0.1, 0.15) is 5.82 Å². The number of nitrogens with one attached hydrogen (secondary N) is 1. The van der Waals surface area contributed by atoms with Crippen molar-refractivity contribution in [3.05, 3.63) is 39.6 Å². The van der Waals surface area contributed by atoms with Crippen molar-refractivity contribution in [2.75, 3.05) is 31.6 Å². The molecule has 5 heteroatoms. The third-order valence-corrected chi connectivity index (χ3v) is 5.90. The Kier molecular flexibility index (Phi) is 4.99. The summed E-state index contributed by atoms with van der Waals surface area (Å²) >= 11 is 1.91. The lowest BCUT2D eigenvalue weighted by molar-refractivity contribution is 0.234. The predicted octanol–water partition coefficient (Wildman–Crippen LogP) is 3.72. The van der Waals surface area contributed by atoms with Gasteiger partial charge in [-0.2, -0.15) is 4.98 Å². The Bertz CT molecular complexity index is 685. The van der Waals surface area contributed by atoms with Gasteiger partial charge in [-0.25, -0.2) is 0 Å². The van der Waals surface area contributed by atoms with Gasteiger partial charge in [-0.15, -0.1) is 11.3 Å². The minimum Gasteiger partial charge on any atom is -0.478 e. The number of rotatable bonds is 6. The van der Waals surface area contributed by atoms with E-state index in [0.717, 1.165) is 50.8 Å². The molecule has 4 heterocycles. The summed E-state index contributed by atoms with van der Waals surface area (Å²) in [5.74, 6) is 1.77. The molecular weight excluding hydrogens is 318 g/mol. The van der Waals surface area contributed by atoms with E-state index in [1.807, 2.05) is 17.4 Å². The van der Waals surface area contributed by atoms with Crippen molar-refractivity contribution < 1.29 is 4.74 Å². The molecule has 1 N–H and O–H groups in total. The van der Waals surface area contributed by atoms with Gasteiger partial charge in [-0.05, 0) is 67.3 Å². The zero-order chi connectivity index (χ0) is 16.2. The van der Waals surface area contributed by atoms with Crippen molar-refractivity contribution in [1.82, 2.24) is 9.88 Å². The average Bonchev–Trinajstić information content (AvgIpc) is 3.09. The normalized spacial score (nSPS) is 17.0. The van der Waals surface area contributed by atoms with Crippen molar-refractivity contribution in [3.8, 4) is 5.88 Å². The first-order valence-corrected chi connectivity index (χ1v) is 9.91. The molecule has 24 heavy (non-hydrogen) atoms. The molecular formula is C19H25N3OS. The smallest absolute Gasteiger partial charge is 0.215 e. The summed E-state index contributed by atoms with van der Waals surface area (Å²) in [6.45, 7) is 5.26.